The largest absolute Gasteiger partial charge is 0.381 e. The Morgan fingerprint density at radius 1 is 1.18 bits per heavy atom. The molecule has 0 unspecified atom stereocenters. The van der Waals surface area contributed by atoms with E-state index in [0.717, 1.165) is 37.4 Å². The highest BCUT2D eigenvalue weighted by molar-refractivity contribution is 7.12. The van der Waals surface area contributed by atoms with Crippen LogP contribution in [0.5, 0.6) is 0 Å². The molecule has 1 amide bonds. The van der Waals surface area contributed by atoms with Gasteiger partial charge in [-0.05, 0) is 45.1 Å². The minimum Gasteiger partial charge on any atom is -0.381 e. The summed E-state index contributed by atoms with van der Waals surface area (Å²) in [5.74, 6) is -2.18. The highest BCUT2D eigenvalue weighted by Crippen LogP contribution is 2.45. The van der Waals surface area contributed by atoms with Crippen LogP contribution < -0.4 is 10.6 Å². The third-order valence-corrected chi connectivity index (χ3v) is 7.24. The zero-order valence-electron chi connectivity index (χ0n) is 16.1. The highest BCUT2D eigenvalue weighted by atomic mass is 35.5. The van der Waals surface area contributed by atoms with Gasteiger partial charge >= 0.3 is 0 Å². The van der Waals surface area contributed by atoms with E-state index in [4.69, 9.17) is 4.74 Å². The summed E-state index contributed by atoms with van der Waals surface area (Å²) in [5, 5.41) is 6.70. The van der Waals surface area contributed by atoms with Crippen molar-refractivity contribution in [3.05, 3.63) is 21.4 Å². The topological polar surface area (TPSA) is 50.4 Å². The van der Waals surface area contributed by atoms with Crippen LogP contribution in [0.3, 0.4) is 0 Å². The second-order valence-electron chi connectivity index (χ2n) is 8.22. The van der Waals surface area contributed by atoms with Crippen molar-refractivity contribution in [3.63, 3.8) is 0 Å². The van der Waals surface area contributed by atoms with Crippen molar-refractivity contribution in [2.24, 2.45) is 0 Å². The summed E-state index contributed by atoms with van der Waals surface area (Å²) in [6, 6.07) is 2.93. The molecule has 1 aliphatic heterocycles. The quantitative estimate of drug-likeness (QED) is 0.721. The molecule has 8 heteroatoms. The minimum absolute atomic E-state index is 0. The lowest BCUT2D eigenvalue weighted by Gasteiger charge is -2.28. The fourth-order valence-electron chi connectivity index (χ4n) is 4.22. The van der Waals surface area contributed by atoms with Gasteiger partial charge in [-0.1, -0.05) is 0 Å². The molecule has 0 radical (unpaired) electrons. The van der Waals surface area contributed by atoms with E-state index in [9.17, 15) is 13.6 Å². The average Bonchev–Trinajstić information content (AvgIpc) is 3.29. The lowest BCUT2D eigenvalue weighted by atomic mass is 9.92. The fraction of sp³-hybridized carbons (Fsp3) is 0.750. The number of halogens is 3. The molecule has 0 aromatic carbocycles. The number of amides is 1. The van der Waals surface area contributed by atoms with Crippen molar-refractivity contribution in [1.29, 1.82) is 0 Å². The third-order valence-electron chi connectivity index (χ3n) is 6.06. The SMILES string of the molecule is Cc1sc([C@@H]2C[C@H]2NC2CCOCC2)cc1C(=O)NC1CCC(F)(F)CC1.Cl. The lowest BCUT2D eigenvalue weighted by Crippen LogP contribution is -2.40. The Hall–Kier alpha value is -0.760. The van der Waals surface area contributed by atoms with Gasteiger partial charge in [0.1, 0.15) is 0 Å². The molecule has 0 spiro atoms. The number of aryl methyl sites for hydroxylation is 1. The smallest absolute Gasteiger partial charge is 0.252 e. The standard InChI is InChI=1S/C20H28F2N2O2S.ClH/c1-12-15(19(25)24-13-2-6-20(21,22)7-3-13)11-18(27-12)16-10-17(16)23-14-4-8-26-9-5-14;/h11,13-14,16-17,23H,2-10H2,1H3,(H,24,25);1H/t16-,17-;/m1./s1. The van der Waals surface area contributed by atoms with Gasteiger partial charge in [-0.2, -0.15) is 0 Å². The summed E-state index contributed by atoms with van der Waals surface area (Å²) in [5.41, 5.74) is 0.712. The second-order valence-corrected chi connectivity index (χ2v) is 9.51. The molecule has 2 saturated carbocycles. The van der Waals surface area contributed by atoms with E-state index in [0.29, 0.717) is 36.4 Å². The summed E-state index contributed by atoms with van der Waals surface area (Å²) in [6.07, 6.45) is 3.71. The summed E-state index contributed by atoms with van der Waals surface area (Å²) in [4.78, 5) is 14.9. The van der Waals surface area contributed by atoms with Crippen LogP contribution in [0, 0.1) is 6.92 Å². The van der Waals surface area contributed by atoms with Crippen LogP contribution in [0.1, 0.15) is 71.0 Å². The molecule has 4 rings (SSSR count). The maximum absolute atomic E-state index is 13.3. The van der Waals surface area contributed by atoms with Gasteiger partial charge < -0.3 is 15.4 Å². The first-order chi connectivity index (χ1) is 12.9. The molecular weight excluding hydrogens is 406 g/mol. The van der Waals surface area contributed by atoms with Crippen molar-refractivity contribution in [2.75, 3.05) is 13.2 Å². The van der Waals surface area contributed by atoms with Crippen LogP contribution in [-0.2, 0) is 4.74 Å². The molecule has 28 heavy (non-hydrogen) atoms. The number of rotatable bonds is 5. The molecule has 2 atom stereocenters. The molecular formula is C20H29ClF2N2O2S. The van der Waals surface area contributed by atoms with Gasteiger partial charge in [-0.25, -0.2) is 8.78 Å². The first kappa shape index (κ1) is 21.9. The number of carbonyl (C=O) groups is 1. The van der Waals surface area contributed by atoms with Crippen molar-refractivity contribution < 1.29 is 18.3 Å². The highest BCUT2D eigenvalue weighted by Gasteiger charge is 2.41. The Labute approximate surface area is 175 Å². The Balaban J connectivity index is 0.00000225. The monoisotopic (exact) mass is 434 g/mol. The Kier molecular flexibility index (Phi) is 7.00. The molecule has 2 aliphatic carbocycles. The molecule has 3 fully saturated rings. The van der Waals surface area contributed by atoms with Gasteiger partial charge in [0.15, 0.2) is 0 Å². The number of alkyl halides is 2. The first-order valence-electron chi connectivity index (χ1n) is 10.0. The van der Waals surface area contributed by atoms with Crippen molar-refractivity contribution in [3.8, 4) is 0 Å². The summed E-state index contributed by atoms with van der Waals surface area (Å²) in [7, 11) is 0. The van der Waals surface area contributed by atoms with Crippen molar-refractivity contribution >= 4 is 29.7 Å². The first-order valence-corrected chi connectivity index (χ1v) is 10.9. The van der Waals surface area contributed by atoms with E-state index >= 15 is 0 Å². The normalized spacial score (nSPS) is 27.8. The van der Waals surface area contributed by atoms with Crippen LogP contribution >= 0.6 is 23.7 Å². The van der Waals surface area contributed by atoms with Gasteiger partial charge in [0.2, 0.25) is 5.92 Å². The zero-order chi connectivity index (χ0) is 19.0. The molecule has 1 saturated heterocycles. The molecule has 158 valence electrons. The molecule has 4 nitrogen and oxygen atoms in total. The van der Waals surface area contributed by atoms with Crippen LogP contribution in [0.25, 0.3) is 0 Å². The van der Waals surface area contributed by atoms with E-state index in [1.165, 1.54) is 4.88 Å². The molecule has 3 aliphatic rings. The van der Waals surface area contributed by atoms with Gasteiger partial charge in [-0.15, -0.1) is 23.7 Å². The third kappa shape index (κ3) is 5.23. The van der Waals surface area contributed by atoms with Crippen molar-refractivity contribution in [2.45, 2.75) is 81.8 Å². The van der Waals surface area contributed by atoms with E-state index in [2.05, 4.69) is 10.6 Å². The molecule has 2 N–H and O–H groups in total. The predicted molar refractivity (Wildman–Crippen MR) is 109 cm³/mol. The second kappa shape index (κ2) is 8.94. The van der Waals surface area contributed by atoms with Crippen molar-refractivity contribution in [1.82, 2.24) is 10.6 Å². The Bertz CT molecular complexity index is 684. The van der Waals surface area contributed by atoms with Crippen LogP contribution in [0.15, 0.2) is 6.07 Å². The van der Waals surface area contributed by atoms with E-state index in [1.807, 2.05) is 13.0 Å². The van der Waals surface area contributed by atoms with E-state index in [1.54, 1.807) is 11.3 Å². The molecule has 1 aromatic heterocycles. The Morgan fingerprint density at radius 2 is 1.86 bits per heavy atom. The summed E-state index contributed by atoms with van der Waals surface area (Å²) in [6.45, 7) is 3.65. The lowest BCUT2D eigenvalue weighted by molar-refractivity contribution is -0.0399. The molecule has 1 aromatic rings. The number of carbonyl (C=O) groups excluding carboxylic acids is 1. The summed E-state index contributed by atoms with van der Waals surface area (Å²) < 4.78 is 32.0. The number of ether oxygens (including phenoxy) is 1. The Morgan fingerprint density at radius 3 is 2.54 bits per heavy atom. The average molecular weight is 435 g/mol. The number of hydrogen-bond donors (Lipinski definition) is 2. The number of nitrogens with one attached hydrogen (secondary N) is 2. The van der Waals surface area contributed by atoms with Crippen LogP contribution in [0.2, 0.25) is 0 Å². The summed E-state index contributed by atoms with van der Waals surface area (Å²) >= 11 is 1.70. The van der Waals surface area contributed by atoms with Gasteiger partial charge in [0.05, 0.1) is 5.56 Å². The maximum atomic E-state index is 13.3. The van der Waals surface area contributed by atoms with E-state index < -0.39 is 5.92 Å². The maximum Gasteiger partial charge on any atom is 0.252 e. The van der Waals surface area contributed by atoms with Crippen LogP contribution in [0.4, 0.5) is 8.78 Å². The fourth-order valence-corrected chi connectivity index (χ4v) is 5.43. The van der Waals surface area contributed by atoms with Gasteiger partial charge in [0.25, 0.3) is 5.91 Å². The van der Waals surface area contributed by atoms with Gasteiger partial charge in [0, 0.05) is 59.9 Å². The zero-order valence-corrected chi connectivity index (χ0v) is 17.8. The van der Waals surface area contributed by atoms with Gasteiger partial charge in [-0.3, -0.25) is 4.79 Å². The molecule has 2 heterocycles. The minimum atomic E-state index is -2.56. The van der Waals surface area contributed by atoms with E-state index in [-0.39, 0.29) is 37.2 Å². The molecule has 0 bridgehead atoms. The van der Waals surface area contributed by atoms with Crippen LogP contribution in [-0.4, -0.2) is 43.2 Å². The number of thiophene rings is 1. The predicted octanol–water partition coefficient (Wildman–Crippen LogP) is 4.41. The number of hydrogen-bond acceptors (Lipinski definition) is 4.